The van der Waals surface area contributed by atoms with Gasteiger partial charge in [-0.1, -0.05) is 0 Å². The van der Waals surface area contributed by atoms with E-state index in [4.69, 9.17) is 5.41 Å². The summed E-state index contributed by atoms with van der Waals surface area (Å²) < 4.78 is 15.1. The number of ketones is 1. The lowest BCUT2D eigenvalue weighted by atomic mass is 10.1. The fourth-order valence-corrected chi connectivity index (χ4v) is 2.83. The topological polar surface area (TPSA) is 64.7 Å². The molecule has 3 aromatic rings. The molecule has 0 aliphatic rings. The SMILES string of the molecule is CN(C)/C=C/C(=O)c1c(-c2ccc(F)cc2)nc2c(C(=N)N(C)C)cccn12. The summed E-state index contributed by atoms with van der Waals surface area (Å²) in [7, 11) is 7.22. The van der Waals surface area contributed by atoms with Gasteiger partial charge in [-0.15, -0.1) is 0 Å². The number of rotatable bonds is 5. The number of benzene rings is 1. The first-order valence-corrected chi connectivity index (χ1v) is 8.72. The third kappa shape index (κ3) is 3.64. The number of nitrogens with one attached hydrogen (secondary N) is 1. The first kappa shape index (κ1) is 19.3. The van der Waals surface area contributed by atoms with Crippen LogP contribution < -0.4 is 0 Å². The minimum Gasteiger partial charge on any atom is -0.383 e. The number of allylic oxidation sites excluding steroid dienone is 1. The number of hydrogen-bond donors (Lipinski definition) is 1. The van der Waals surface area contributed by atoms with Crippen LogP contribution in [0.2, 0.25) is 0 Å². The second-order valence-electron chi connectivity index (χ2n) is 6.82. The van der Waals surface area contributed by atoms with Crippen molar-refractivity contribution in [2.75, 3.05) is 28.2 Å². The Labute approximate surface area is 163 Å². The quantitative estimate of drug-likeness (QED) is 0.320. The van der Waals surface area contributed by atoms with Crippen LogP contribution in [0.5, 0.6) is 0 Å². The maximum absolute atomic E-state index is 13.4. The molecule has 0 aliphatic carbocycles. The molecule has 0 fully saturated rings. The maximum atomic E-state index is 13.4. The van der Waals surface area contributed by atoms with Gasteiger partial charge in [0.25, 0.3) is 0 Å². The van der Waals surface area contributed by atoms with Gasteiger partial charge < -0.3 is 9.80 Å². The smallest absolute Gasteiger partial charge is 0.206 e. The Bertz CT molecular complexity index is 1060. The highest BCUT2D eigenvalue weighted by Crippen LogP contribution is 2.27. The molecule has 0 radical (unpaired) electrons. The van der Waals surface area contributed by atoms with Crippen LogP contribution in [0.4, 0.5) is 4.39 Å². The number of imidazole rings is 1. The molecule has 1 aromatic carbocycles. The Balaban J connectivity index is 2.29. The van der Waals surface area contributed by atoms with Gasteiger partial charge in [0, 0.05) is 52.2 Å². The molecule has 0 atom stereocenters. The van der Waals surface area contributed by atoms with Crippen LogP contribution in [0.3, 0.4) is 0 Å². The molecule has 0 aliphatic heterocycles. The molecule has 0 saturated carbocycles. The van der Waals surface area contributed by atoms with E-state index in [1.54, 1.807) is 65.0 Å². The number of amidine groups is 1. The Morgan fingerprint density at radius 1 is 1.14 bits per heavy atom. The third-order valence-electron chi connectivity index (χ3n) is 4.23. The van der Waals surface area contributed by atoms with E-state index in [2.05, 4.69) is 4.98 Å². The van der Waals surface area contributed by atoms with E-state index < -0.39 is 0 Å². The van der Waals surface area contributed by atoms with Crippen LogP contribution in [0, 0.1) is 11.2 Å². The third-order valence-corrected chi connectivity index (χ3v) is 4.23. The Morgan fingerprint density at radius 3 is 2.43 bits per heavy atom. The van der Waals surface area contributed by atoms with Crippen molar-refractivity contribution in [1.29, 1.82) is 5.41 Å². The zero-order valence-corrected chi connectivity index (χ0v) is 16.3. The summed E-state index contributed by atoms with van der Waals surface area (Å²) in [6.07, 6.45) is 4.89. The van der Waals surface area contributed by atoms with E-state index in [-0.39, 0.29) is 17.4 Å². The molecular weight excluding hydrogens is 357 g/mol. The van der Waals surface area contributed by atoms with Crippen molar-refractivity contribution in [1.82, 2.24) is 19.2 Å². The molecule has 1 N–H and O–H groups in total. The van der Waals surface area contributed by atoms with Crippen molar-refractivity contribution < 1.29 is 9.18 Å². The Morgan fingerprint density at radius 2 is 1.82 bits per heavy atom. The number of pyridine rings is 1. The van der Waals surface area contributed by atoms with Crippen LogP contribution in [-0.4, -0.2) is 59.0 Å². The Kier molecular flexibility index (Phi) is 5.26. The van der Waals surface area contributed by atoms with Gasteiger partial charge in [-0.25, -0.2) is 9.37 Å². The number of halogens is 1. The number of fused-ring (bicyclic) bond motifs is 1. The fraction of sp³-hybridized carbons (Fsp3) is 0.190. The van der Waals surface area contributed by atoms with Gasteiger partial charge in [0.05, 0.1) is 5.56 Å². The first-order chi connectivity index (χ1) is 13.3. The van der Waals surface area contributed by atoms with Gasteiger partial charge in [0.2, 0.25) is 5.78 Å². The Hall–Kier alpha value is -3.48. The summed E-state index contributed by atoms with van der Waals surface area (Å²) in [4.78, 5) is 21.1. The van der Waals surface area contributed by atoms with Crippen LogP contribution in [-0.2, 0) is 0 Å². The van der Waals surface area contributed by atoms with Gasteiger partial charge in [-0.05, 0) is 36.4 Å². The molecule has 28 heavy (non-hydrogen) atoms. The van der Waals surface area contributed by atoms with Gasteiger partial charge in [-0.3, -0.25) is 14.6 Å². The predicted molar refractivity (Wildman–Crippen MR) is 108 cm³/mol. The first-order valence-electron chi connectivity index (χ1n) is 8.72. The van der Waals surface area contributed by atoms with E-state index in [1.165, 1.54) is 18.2 Å². The zero-order chi connectivity index (χ0) is 20.4. The monoisotopic (exact) mass is 379 g/mol. The summed E-state index contributed by atoms with van der Waals surface area (Å²) in [5.41, 5.74) is 2.56. The van der Waals surface area contributed by atoms with Gasteiger partial charge in [0.1, 0.15) is 28.7 Å². The molecule has 0 amide bonds. The highest BCUT2D eigenvalue weighted by molar-refractivity contribution is 6.09. The lowest BCUT2D eigenvalue weighted by Gasteiger charge is -2.14. The zero-order valence-electron chi connectivity index (χ0n) is 16.3. The van der Waals surface area contributed by atoms with Crippen LogP contribution in [0.1, 0.15) is 16.1 Å². The van der Waals surface area contributed by atoms with Crippen molar-refractivity contribution in [3.63, 3.8) is 0 Å². The van der Waals surface area contributed by atoms with E-state index in [0.717, 1.165) is 0 Å². The number of carbonyl (C=O) groups excluding carboxylic acids is 1. The minimum absolute atomic E-state index is 0.228. The fourth-order valence-electron chi connectivity index (χ4n) is 2.83. The van der Waals surface area contributed by atoms with E-state index in [1.807, 2.05) is 14.1 Å². The average molecular weight is 379 g/mol. The molecular formula is C21H22FN5O. The molecule has 0 saturated heterocycles. The molecule has 6 nitrogen and oxygen atoms in total. The lowest BCUT2D eigenvalue weighted by Crippen LogP contribution is -2.22. The molecule has 2 heterocycles. The number of carbonyl (C=O) groups is 1. The highest BCUT2D eigenvalue weighted by Gasteiger charge is 2.22. The predicted octanol–water partition coefficient (Wildman–Crippen LogP) is 3.29. The van der Waals surface area contributed by atoms with Crippen molar-refractivity contribution in [3.8, 4) is 11.3 Å². The minimum atomic E-state index is -0.358. The van der Waals surface area contributed by atoms with Crippen molar-refractivity contribution in [3.05, 3.63) is 71.9 Å². The maximum Gasteiger partial charge on any atom is 0.206 e. The van der Waals surface area contributed by atoms with Crippen molar-refractivity contribution >= 4 is 17.3 Å². The molecule has 0 spiro atoms. The second kappa shape index (κ2) is 7.64. The van der Waals surface area contributed by atoms with Crippen molar-refractivity contribution in [2.45, 2.75) is 0 Å². The molecule has 2 aromatic heterocycles. The van der Waals surface area contributed by atoms with Crippen LogP contribution in [0.15, 0.2) is 54.9 Å². The molecule has 0 unspecified atom stereocenters. The molecule has 144 valence electrons. The molecule has 3 rings (SSSR count). The molecule has 7 heteroatoms. The van der Waals surface area contributed by atoms with Gasteiger partial charge in [0.15, 0.2) is 0 Å². The normalized spacial score (nSPS) is 11.2. The van der Waals surface area contributed by atoms with Crippen LogP contribution in [0.25, 0.3) is 16.9 Å². The largest absolute Gasteiger partial charge is 0.383 e. The highest BCUT2D eigenvalue weighted by atomic mass is 19.1. The lowest BCUT2D eigenvalue weighted by molar-refractivity contribution is 0.104. The summed E-state index contributed by atoms with van der Waals surface area (Å²) in [5.74, 6) is -0.305. The van der Waals surface area contributed by atoms with Crippen LogP contribution >= 0.6 is 0 Å². The summed E-state index contributed by atoms with van der Waals surface area (Å²) in [5, 5.41) is 8.34. The van der Waals surface area contributed by atoms with E-state index in [9.17, 15) is 9.18 Å². The van der Waals surface area contributed by atoms with Gasteiger partial charge >= 0.3 is 0 Å². The summed E-state index contributed by atoms with van der Waals surface area (Å²) in [6, 6.07) is 9.45. The average Bonchev–Trinajstić information content (AvgIpc) is 3.05. The number of nitrogens with zero attached hydrogens (tertiary/aromatic N) is 4. The number of hydrogen-bond acceptors (Lipinski definition) is 4. The van der Waals surface area contributed by atoms with E-state index >= 15 is 0 Å². The standard InChI is InChI=1S/C21H22FN5O/c1-25(2)13-11-17(28)19-18(14-7-9-15(22)10-8-14)24-21-16(20(23)26(3)4)6-5-12-27(19)21/h5-13,23H,1-4H3/b13-11+,23-20?. The molecule has 0 bridgehead atoms. The second-order valence-corrected chi connectivity index (χ2v) is 6.82. The van der Waals surface area contributed by atoms with Crippen molar-refractivity contribution in [2.24, 2.45) is 0 Å². The van der Waals surface area contributed by atoms with E-state index in [0.29, 0.717) is 28.2 Å². The summed E-state index contributed by atoms with van der Waals surface area (Å²) >= 11 is 0. The summed E-state index contributed by atoms with van der Waals surface area (Å²) in [6.45, 7) is 0. The number of aromatic nitrogens is 2. The van der Waals surface area contributed by atoms with Gasteiger partial charge in [-0.2, -0.15) is 0 Å².